The summed E-state index contributed by atoms with van der Waals surface area (Å²) in [6.07, 6.45) is 1.76. The molecule has 0 saturated carbocycles. The van der Waals surface area contributed by atoms with Gasteiger partial charge in [-0.1, -0.05) is 12.1 Å². The van der Waals surface area contributed by atoms with E-state index in [0.717, 1.165) is 10.3 Å². The first-order chi connectivity index (χ1) is 14.5. The fourth-order valence-corrected chi connectivity index (χ4v) is 4.01. The van der Waals surface area contributed by atoms with Crippen LogP contribution in [0.3, 0.4) is 0 Å². The fraction of sp³-hybridized carbons (Fsp3) is 0.333. The van der Waals surface area contributed by atoms with Gasteiger partial charge in [-0.25, -0.2) is 9.78 Å². The molecule has 0 atom stereocenters. The molecule has 156 valence electrons. The van der Waals surface area contributed by atoms with E-state index in [4.69, 9.17) is 0 Å². The first kappa shape index (κ1) is 20.3. The molecule has 2 aromatic heterocycles. The van der Waals surface area contributed by atoms with Crippen LogP contribution >= 0.6 is 15.9 Å². The van der Waals surface area contributed by atoms with Gasteiger partial charge in [-0.2, -0.15) is 0 Å². The van der Waals surface area contributed by atoms with Gasteiger partial charge in [0, 0.05) is 43.4 Å². The largest absolute Gasteiger partial charge is 0.353 e. The Kier molecular flexibility index (Phi) is 5.72. The van der Waals surface area contributed by atoms with Crippen molar-refractivity contribution in [1.82, 2.24) is 19.0 Å². The first-order valence-electron chi connectivity index (χ1n) is 9.86. The number of amides is 1. The number of carbonyl (C=O) groups excluding carboxylic acids is 1. The molecule has 0 aliphatic carbocycles. The average Bonchev–Trinajstić information content (AvgIpc) is 2.77. The molecule has 0 spiro atoms. The molecule has 1 aliphatic heterocycles. The van der Waals surface area contributed by atoms with E-state index < -0.39 is 5.69 Å². The average molecular weight is 472 g/mol. The summed E-state index contributed by atoms with van der Waals surface area (Å²) in [5.74, 6) is 0.745. The van der Waals surface area contributed by atoms with Crippen LogP contribution in [0.5, 0.6) is 0 Å². The van der Waals surface area contributed by atoms with Crippen molar-refractivity contribution in [3.05, 3.63) is 67.9 Å². The van der Waals surface area contributed by atoms with E-state index in [1.165, 1.54) is 9.13 Å². The summed E-state index contributed by atoms with van der Waals surface area (Å²) in [6.45, 7) is 4.37. The highest BCUT2D eigenvalue weighted by atomic mass is 79.9. The number of pyridine rings is 1. The van der Waals surface area contributed by atoms with Gasteiger partial charge >= 0.3 is 5.69 Å². The summed E-state index contributed by atoms with van der Waals surface area (Å²) in [4.78, 5) is 46.7. The van der Waals surface area contributed by atoms with Gasteiger partial charge in [0.05, 0.1) is 10.9 Å². The highest BCUT2D eigenvalue weighted by Crippen LogP contribution is 2.17. The number of nitrogens with zero attached hydrogens (tertiary/aromatic N) is 5. The maximum Gasteiger partial charge on any atom is 0.331 e. The Balaban J connectivity index is 1.54. The maximum atomic E-state index is 13.0. The van der Waals surface area contributed by atoms with Gasteiger partial charge in [-0.05, 0) is 47.1 Å². The molecule has 1 fully saturated rings. The van der Waals surface area contributed by atoms with E-state index in [9.17, 15) is 14.4 Å². The summed E-state index contributed by atoms with van der Waals surface area (Å²) in [6, 6.07) is 10.8. The smallest absolute Gasteiger partial charge is 0.331 e. The number of hydrogen-bond donors (Lipinski definition) is 0. The molecular weight excluding hydrogens is 450 g/mol. The van der Waals surface area contributed by atoms with Gasteiger partial charge in [0.1, 0.15) is 12.4 Å². The molecule has 0 bridgehead atoms. The molecule has 9 heteroatoms. The second kappa shape index (κ2) is 8.43. The number of para-hydroxylation sites is 1. The normalized spacial score (nSPS) is 14.3. The quantitative estimate of drug-likeness (QED) is 0.578. The molecule has 3 aromatic rings. The Morgan fingerprint density at radius 1 is 1.03 bits per heavy atom. The molecule has 30 heavy (non-hydrogen) atoms. The molecule has 0 radical (unpaired) electrons. The van der Waals surface area contributed by atoms with Crippen LogP contribution in [0.1, 0.15) is 6.92 Å². The number of fused-ring (bicyclic) bond motifs is 1. The Morgan fingerprint density at radius 2 is 1.77 bits per heavy atom. The minimum Gasteiger partial charge on any atom is -0.353 e. The van der Waals surface area contributed by atoms with Gasteiger partial charge in [0.2, 0.25) is 5.91 Å². The van der Waals surface area contributed by atoms with E-state index in [1.807, 2.05) is 12.1 Å². The molecule has 1 aliphatic rings. The number of anilines is 1. The number of hydrogen-bond acceptors (Lipinski definition) is 5. The summed E-state index contributed by atoms with van der Waals surface area (Å²) < 4.78 is 3.50. The Labute approximate surface area is 181 Å². The number of aromatic nitrogens is 3. The zero-order valence-corrected chi connectivity index (χ0v) is 18.2. The van der Waals surface area contributed by atoms with Crippen molar-refractivity contribution in [2.75, 3.05) is 31.1 Å². The molecule has 1 aromatic carbocycles. The Hall–Kier alpha value is -2.94. The minimum atomic E-state index is -0.452. The Morgan fingerprint density at radius 3 is 2.43 bits per heavy atom. The van der Waals surface area contributed by atoms with Gasteiger partial charge in [-0.3, -0.25) is 18.7 Å². The summed E-state index contributed by atoms with van der Waals surface area (Å²) in [5.41, 5.74) is -0.284. The lowest BCUT2D eigenvalue weighted by Gasteiger charge is -2.35. The van der Waals surface area contributed by atoms with Crippen molar-refractivity contribution in [2.45, 2.75) is 20.0 Å². The second-order valence-electron chi connectivity index (χ2n) is 7.14. The second-order valence-corrected chi connectivity index (χ2v) is 8.05. The van der Waals surface area contributed by atoms with Crippen LogP contribution in [0, 0.1) is 0 Å². The summed E-state index contributed by atoms with van der Waals surface area (Å²) >= 11 is 3.38. The lowest BCUT2D eigenvalue weighted by Crippen LogP contribution is -2.51. The van der Waals surface area contributed by atoms with Crippen molar-refractivity contribution in [3.8, 4) is 0 Å². The molecule has 8 nitrogen and oxygen atoms in total. The third kappa shape index (κ3) is 3.77. The molecule has 0 N–H and O–H groups in total. The lowest BCUT2D eigenvalue weighted by molar-refractivity contribution is -0.132. The fourth-order valence-electron chi connectivity index (χ4n) is 3.78. The van der Waals surface area contributed by atoms with Crippen LogP contribution in [0.4, 0.5) is 5.82 Å². The first-order valence-corrected chi connectivity index (χ1v) is 10.7. The third-order valence-corrected chi connectivity index (χ3v) is 5.88. The van der Waals surface area contributed by atoms with Crippen LogP contribution in [0.15, 0.2) is 56.7 Å². The van der Waals surface area contributed by atoms with E-state index >= 15 is 0 Å². The van der Waals surface area contributed by atoms with Crippen LogP contribution in [-0.4, -0.2) is 51.1 Å². The van der Waals surface area contributed by atoms with Crippen LogP contribution in [0.2, 0.25) is 0 Å². The highest BCUT2D eigenvalue weighted by molar-refractivity contribution is 9.10. The highest BCUT2D eigenvalue weighted by Gasteiger charge is 2.23. The zero-order chi connectivity index (χ0) is 21.3. The summed E-state index contributed by atoms with van der Waals surface area (Å²) in [7, 11) is 0. The monoisotopic (exact) mass is 471 g/mol. The van der Waals surface area contributed by atoms with Gasteiger partial charge < -0.3 is 9.80 Å². The molecule has 1 amide bonds. The molecule has 0 unspecified atom stereocenters. The van der Waals surface area contributed by atoms with Crippen LogP contribution < -0.4 is 16.1 Å². The SMILES string of the molecule is CCn1c(=O)c2ccccc2n(CC(=O)N2CCN(c3ccc(Br)cn3)CC2)c1=O. The van der Waals surface area contributed by atoms with Gasteiger partial charge in [-0.15, -0.1) is 0 Å². The maximum absolute atomic E-state index is 13.0. The van der Waals surface area contributed by atoms with Crippen molar-refractivity contribution < 1.29 is 4.79 Å². The van der Waals surface area contributed by atoms with Gasteiger partial charge in [0.15, 0.2) is 0 Å². The third-order valence-electron chi connectivity index (χ3n) is 5.41. The van der Waals surface area contributed by atoms with Crippen molar-refractivity contribution >= 4 is 38.6 Å². The van der Waals surface area contributed by atoms with E-state index in [2.05, 4.69) is 25.8 Å². The predicted octanol–water partition coefficient (Wildman–Crippen LogP) is 1.69. The molecule has 1 saturated heterocycles. The van der Waals surface area contributed by atoms with E-state index in [0.29, 0.717) is 37.1 Å². The number of carbonyl (C=O) groups is 1. The molecular formula is C21H22BrN5O3. The predicted molar refractivity (Wildman–Crippen MR) is 119 cm³/mol. The van der Waals surface area contributed by atoms with Crippen molar-refractivity contribution in [3.63, 3.8) is 0 Å². The number of benzene rings is 1. The molecule has 4 rings (SSSR count). The van der Waals surface area contributed by atoms with Crippen LogP contribution in [-0.2, 0) is 17.9 Å². The zero-order valence-electron chi connectivity index (χ0n) is 16.6. The van der Waals surface area contributed by atoms with Gasteiger partial charge in [0.25, 0.3) is 5.56 Å². The van der Waals surface area contributed by atoms with Crippen LogP contribution in [0.25, 0.3) is 10.9 Å². The molecule has 3 heterocycles. The number of rotatable bonds is 4. The van der Waals surface area contributed by atoms with E-state index in [-0.39, 0.29) is 24.6 Å². The number of piperazine rings is 1. The van der Waals surface area contributed by atoms with Crippen molar-refractivity contribution in [2.24, 2.45) is 0 Å². The Bertz CT molecular complexity index is 1190. The minimum absolute atomic E-state index is 0.0871. The standard InChI is InChI=1S/C21H22BrN5O3/c1-2-26-20(29)16-5-3-4-6-17(16)27(21(26)30)14-19(28)25-11-9-24(10-12-25)18-8-7-15(22)13-23-18/h3-8,13H,2,9-12,14H2,1H3. The lowest BCUT2D eigenvalue weighted by atomic mass is 10.2. The summed E-state index contributed by atoms with van der Waals surface area (Å²) in [5, 5.41) is 0.442. The van der Waals surface area contributed by atoms with Crippen molar-refractivity contribution in [1.29, 1.82) is 0 Å². The van der Waals surface area contributed by atoms with E-state index in [1.54, 1.807) is 42.3 Å². The number of halogens is 1. The topological polar surface area (TPSA) is 80.4 Å².